The first-order chi connectivity index (χ1) is 14.5. The molecule has 0 atom stereocenters. The Labute approximate surface area is 187 Å². The molecule has 0 saturated carbocycles. The molecule has 0 aliphatic carbocycles. The van der Waals surface area contributed by atoms with E-state index in [-0.39, 0.29) is 27.7 Å². The summed E-state index contributed by atoms with van der Waals surface area (Å²) in [5, 5.41) is 5.16. The number of hydrogen-bond donors (Lipinski definition) is 3. The van der Waals surface area contributed by atoms with Crippen molar-refractivity contribution in [2.75, 3.05) is 16.4 Å². The molecule has 0 aliphatic rings. The Morgan fingerprint density at radius 2 is 1.71 bits per heavy atom. The van der Waals surface area contributed by atoms with E-state index >= 15 is 0 Å². The molecule has 160 valence electrons. The second kappa shape index (κ2) is 8.94. The lowest BCUT2D eigenvalue weighted by Crippen LogP contribution is -2.16. The molecule has 3 aromatic rings. The number of pyridine rings is 1. The lowest BCUT2D eigenvalue weighted by molar-refractivity contribution is -0.137. The molecule has 2 amide bonds. The molecule has 0 fully saturated rings. The van der Waals surface area contributed by atoms with Gasteiger partial charge in [0.05, 0.1) is 32.5 Å². The number of benzene rings is 2. The molecule has 1 aromatic heterocycles. The summed E-state index contributed by atoms with van der Waals surface area (Å²) in [6, 6.07) is 9.66. The number of hydrogen-bond acceptors (Lipinski definition) is 4. The number of carbonyl (C=O) groups excluding carboxylic acids is 2. The Bertz CT molecular complexity index is 1170. The molecule has 0 spiro atoms. The van der Waals surface area contributed by atoms with Crippen molar-refractivity contribution in [3.63, 3.8) is 0 Å². The largest absolute Gasteiger partial charge is 0.416 e. The number of halogens is 5. The zero-order valence-electron chi connectivity index (χ0n) is 15.4. The summed E-state index contributed by atoms with van der Waals surface area (Å²) in [5.74, 6) is -1.11. The molecule has 2 aromatic carbocycles. The second-order valence-electron chi connectivity index (χ2n) is 6.27. The smallest absolute Gasteiger partial charge is 0.383 e. The SMILES string of the molecule is Nc1ncc(NC(=O)c2cc(NC(=O)c3cccc(C(F)(F)F)c3)ccc2Cl)cc1Br. The monoisotopic (exact) mass is 512 g/mol. The van der Waals surface area contributed by atoms with E-state index in [9.17, 15) is 22.8 Å². The number of carbonyl (C=O) groups is 2. The van der Waals surface area contributed by atoms with Crippen molar-refractivity contribution in [1.29, 1.82) is 0 Å². The van der Waals surface area contributed by atoms with Crippen molar-refractivity contribution < 1.29 is 22.8 Å². The fourth-order valence-electron chi connectivity index (χ4n) is 2.53. The van der Waals surface area contributed by atoms with Gasteiger partial charge in [0.2, 0.25) is 0 Å². The lowest BCUT2D eigenvalue weighted by Gasteiger charge is -2.11. The predicted octanol–water partition coefficient (Wildman–Crippen LogP) is 5.60. The molecule has 31 heavy (non-hydrogen) atoms. The van der Waals surface area contributed by atoms with E-state index in [2.05, 4.69) is 31.5 Å². The number of nitrogens with one attached hydrogen (secondary N) is 2. The molecule has 0 aliphatic heterocycles. The van der Waals surface area contributed by atoms with E-state index < -0.39 is 23.6 Å². The third kappa shape index (κ3) is 5.53. The molecule has 4 N–H and O–H groups in total. The van der Waals surface area contributed by atoms with Crippen molar-refractivity contribution in [3.8, 4) is 0 Å². The Hall–Kier alpha value is -3.11. The van der Waals surface area contributed by atoms with Gasteiger partial charge in [-0.1, -0.05) is 17.7 Å². The molecule has 11 heteroatoms. The van der Waals surface area contributed by atoms with Gasteiger partial charge in [-0.2, -0.15) is 13.2 Å². The maximum Gasteiger partial charge on any atom is 0.416 e. The van der Waals surface area contributed by atoms with Gasteiger partial charge in [0.25, 0.3) is 11.8 Å². The maximum atomic E-state index is 12.9. The molecule has 3 rings (SSSR count). The molecular weight excluding hydrogens is 501 g/mol. The first-order valence-corrected chi connectivity index (χ1v) is 9.72. The van der Waals surface area contributed by atoms with E-state index in [1.54, 1.807) is 6.07 Å². The first kappa shape index (κ1) is 22.6. The quantitative estimate of drug-likeness (QED) is 0.423. The Morgan fingerprint density at radius 3 is 2.39 bits per heavy atom. The fraction of sp³-hybridized carbons (Fsp3) is 0.0500. The third-order valence-electron chi connectivity index (χ3n) is 4.05. The maximum absolute atomic E-state index is 12.9. The van der Waals surface area contributed by atoms with Crippen LogP contribution in [-0.4, -0.2) is 16.8 Å². The normalized spacial score (nSPS) is 11.1. The Morgan fingerprint density at radius 1 is 1.00 bits per heavy atom. The predicted molar refractivity (Wildman–Crippen MR) is 115 cm³/mol. The number of anilines is 3. The van der Waals surface area contributed by atoms with Gasteiger partial charge in [-0.3, -0.25) is 9.59 Å². The number of nitrogen functional groups attached to an aromatic ring is 1. The topological polar surface area (TPSA) is 97.1 Å². The second-order valence-corrected chi connectivity index (χ2v) is 7.53. The summed E-state index contributed by atoms with van der Waals surface area (Å²) in [6.07, 6.45) is -3.22. The summed E-state index contributed by atoms with van der Waals surface area (Å²) < 4.78 is 39.1. The third-order valence-corrected chi connectivity index (χ3v) is 5.01. The highest BCUT2D eigenvalue weighted by Crippen LogP contribution is 2.30. The minimum absolute atomic E-state index is 0.0384. The van der Waals surface area contributed by atoms with Gasteiger partial charge in [0, 0.05) is 11.3 Å². The molecule has 0 unspecified atom stereocenters. The van der Waals surface area contributed by atoms with Crippen LogP contribution in [0.15, 0.2) is 59.2 Å². The van der Waals surface area contributed by atoms with Gasteiger partial charge in [-0.15, -0.1) is 0 Å². The van der Waals surface area contributed by atoms with E-state index in [1.807, 2.05) is 0 Å². The standard InChI is InChI=1S/C20H13BrClF3N4O2/c21-15-8-13(9-27-17(15)26)29-19(31)14-7-12(4-5-16(14)22)28-18(30)10-2-1-3-11(6-10)20(23,24)25/h1-9H,(H2,26,27)(H,28,30)(H,29,31). The summed E-state index contributed by atoms with van der Waals surface area (Å²) in [5.41, 5.74) is 5.04. The van der Waals surface area contributed by atoms with Crippen LogP contribution >= 0.6 is 27.5 Å². The molecule has 6 nitrogen and oxygen atoms in total. The molecule has 0 saturated heterocycles. The zero-order chi connectivity index (χ0) is 22.8. The molecule has 0 bridgehead atoms. The average molecular weight is 514 g/mol. The van der Waals surface area contributed by atoms with Crippen molar-refractivity contribution in [2.45, 2.75) is 6.18 Å². The van der Waals surface area contributed by atoms with E-state index in [4.69, 9.17) is 17.3 Å². The Kier molecular flexibility index (Phi) is 6.51. The average Bonchev–Trinajstić information content (AvgIpc) is 2.71. The van der Waals surface area contributed by atoms with E-state index in [1.165, 1.54) is 30.5 Å². The number of alkyl halides is 3. The van der Waals surface area contributed by atoms with Gasteiger partial charge in [-0.05, 0) is 58.4 Å². The van der Waals surface area contributed by atoms with Crippen LogP contribution in [0, 0.1) is 0 Å². The summed E-state index contributed by atoms with van der Waals surface area (Å²) in [7, 11) is 0. The molecular formula is C20H13BrClF3N4O2. The van der Waals surface area contributed by atoms with Crippen LogP contribution in [-0.2, 0) is 6.18 Å². The highest BCUT2D eigenvalue weighted by molar-refractivity contribution is 9.10. The summed E-state index contributed by atoms with van der Waals surface area (Å²) >= 11 is 9.30. The number of rotatable bonds is 4. The number of nitrogens with zero attached hydrogens (tertiary/aromatic N) is 1. The van der Waals surface area contributed by atoms with E-state index in [0.29, 0.717) is 10.2 Å². The summed E-state index contributed by atoms with van der Waals surface area (Å²) in [6.45, 7) is 0. The number of amides is 2. The van der Waals surface area contributed by atoms with Gasteiger partial charge < -0.3 is 16.4 Å². The van der Waals surface area contributed by atoms with Crippen molar-refractivity contribution in [2.24, 2.45) is 0 Å². The van der Waals surface area contributed by atoms with Crippen molar-refractivity contribution in [3.05, 3.63) is 80.9 Å². The van der Waals surface area contributed by atoms with Crippen LogP contribution in [0.3, 0.4) is 0 Å². The number of nitrogens with two attached hydrogens (primary N) is 1. The van der Waals surface area contributed by atoms with Crippen LogP contribution < -0.4 is 16.4 Å². The van der Waals surface area contributed by atoms with Gasteiger partial charge in [-0.25, -0.2) is 4.98 Å². The molecule has 0 radical (unpaired) electrons. The minimum Gasteiger partial charge on any atom is -0.383 e. The van der Waals surface area contributed by atoms with Crippen LogP contribution in [0.2, 0.25) is 5.02 Å². The van der Waals surface area contributed by atoms with Crippen LogP contribution in [0.1, 0.15) is 26.3 Å². The Balaban J connectivity index is 1.80. The van der Waals surface area contributed by atoms with Crippen LogP contribution in [0.25, 0.3) is 0 Å². The zero-order valence-corrected chi connectivity index (χ0v) is 17.8. The van der Waals surface area contributed by atoms with Crippen LogP contribution in [0.4, 0.5) is 30.4 Å². The van der Waals surface area contributed by atoms with Gasteiger partial charge in [0.15, 0.2) is 0 Å². The number of aromatic nitrogens is 1. The minimum atomic E-state index is -4.58. The summed E-state index contributed by atoms with van der Waals surface area (Å²) in [4.78, 5) is 28.9. The lowest BCUT2D eigenvalue weighted by atomic mass is 10.1. The highest BCUT2D eigenvalue weighted by Gasteiger charge is 2.30. The van der Waals surface area contributed by atoms with Crippen molar-refractivity contribution >= 4 is 56.5 Å². The fourth-order valence-corrected chi connectivity index (χ4v) is 3.08. The first-order valence-electron chi connectivity index (χ1n) is 8.55. The van der Waals surface area contributed by atoms with E-state index in [0.717, 1.165) is 18.2 Å². The van der Waals surface area contributed by atoms with Gasteiger partial charge >= 0.3 is 6.18 Å². The molecule has 1 heterocycles. The van der Waals surface area contributed by atoms with Gasteiger partial charge in [0.1, 0.15) is 5.82 Å². The van der Waals surface area contributed by atoms with Crippen LogP contribution in [0.5, 0.6) is 0 Å². The van der Waals surface area contributed by atoms with Crippen molar-refractivity contribution in [1.82, 2.24) is 4.98 Å². The highest BCUT2D eigenvalue weighted by atomic mass is 79.9.